The molecule has 6 heteroatoms. The molecule has 1 aromatic heterocycles. The van der Waals surface area contributed by atoms with Crippen molar-refractivity contribution in [1.29, 1.82) is 0 Å². The van der Waals surface area contributed by atoms with Gasteiger partial charge in [-0.05, 0) is 24.3 Å². The van der Waals surface area contributed by atoms with Crippen molar-refractivity contribution in [2.45, 2.75) is 0 Å². The fourth-order valence-electron chi connectivity index (χ4n) is 3.00. The van der Waals surface area contributed by atoms with Crippen LogP contribution in [0.15, 0.2) is 59.1 Å². The van der Waals surface area contributed by atoms with Crippen LogP contribution < -0.4 is 14.5 Å². The highest BCUT2D eigenvalue weighted by molar-refractivity contribution is 5.55. The lowest BCUT2D eigenvalue weighted by molar-refractivity contribution is 0.409. The lowest BCUT2D eigenvalue weighted by Crippen LogP contribution is -2.46. The summed E-state index contributed by atoms with van der Waals surface area (Å²) in [5.74, 6) is 1.51. The Morgan fingerprint density at radius 3 is 2.24 bits per heavy atom. The molecule has 0 aliphatic carbocycles. The Labute approximate surface area is 146 Å². The van der Waals surface area contributed by atoms with Crippen molar-refractivity contribution in [2.75, 3.05) is 43.1 Å². The van der Waals surface area contributed by atoms with E-state index in [1.54, 1.807) is 7.11 Å². The first kappa shape index (κ1) is 15.5. The maximum atomic E-state index is 5.46. The number of benzene rings is 2. The molecule has 4 rings (SSSR count). The van der Waals surface area contributed by atoms with Gasteiger partial charge < -0.3 is 19.1 Å². The van der Waals surface area contributed by atoms with Gasteiger partial charge >= 0.3 is 6.01 Å². The van der Waals surface area contributed by atoms with Crippen molar-refractivity contribution in [3.8, 4) is 17.1 Å². The van der Waals surface area contributed by atoms with E-state index in [4.69, 9.17) is 9.26 Å². The Balaban J connectivity index is 1.41. The summed E-state index contributed by atoms with van der Waals surface area (Å²) in [4.78, 5) is 9.03. The molecule has 0 bridgehead atoms. The maximum Gasteiger partial charge on any atom is 0.324 e. The summed E-state index contributed by atoms with van der Waals surface area (Å²) < 4.78 is 10.7. The number of piperazine rings is 1. The quantitative estimate of drug-likeness (QED) is 0.730. The third-order valence-electron chi connectivity index (χ3n) is 4.44. The molecule has 3 aromatic rings. The van der Waals surface area contributed by atoms with Crippen LogP contribution in [0.5, 0.6) is 5.75 Å². The van der Waals surface area contributed by atoms with E-state index in [1.807, 2.05) is 42.5 Å². The molecule has 0 radical (unpaired) electrons. The molecule has 0 N–H and O–H groups in total. The van der Waals surface area contributed by atoms with Crippen LogP contribution in [0.2, 0.25) is 0 Å². The normalized spacial score (nSPS) is 14.6. The Bertz CT molecular complexity index is 809. The minimum atomic E-state index is 0.591. The Kier molecular flexibility index (Phi) is 4.24. The van der Waals surface area contributed by atoms with Gasteiger partial charge in [0.25, 0.3) is 0 Å². The molecule has 0 spiro atoms. The van der Waals surface area contributed by atoms with Gasteiger partial charge in [-0.3, -0.25) is 0 Å². The first-order valence-corrected chi connectivity index (χ1v) is 8.36. The molecular formula is C19H20N4O2. The molecule has 1 aliphatic heterocycles. The topological polar surface area (TPSA) is 54.6 Å². The lowest BCUT2D eigenvalue weighted by atomic mass is 10.2. The molecule has 6 nitrogen and oxygen atoms in total. The van der Waals surface area contributed by atoms with Crippen LogP contribution in [0.1, 0.15) is 0 Å². The molecule has 2 heterocycles. The zero-order valence-electron chi connectivity index (χ0n) is 14.1. The van der Waals surface area contributed by atoms with E-state index in [2.05, 4.69) is 32.1 Å². The van der Waals surface area contributed by atoms with Crippen molar-refractivity contribution in [3.63, 3.8) is 0 Å². The smallest absolute Gasteiger partial charge is 0.324 e. The highest BCUT2D eigenvalue weighted by atomic mass is 16.5. The van der Waals surface area contributed by atoms with Crippen LogP contribution in [0.3, 0.4) is 0 Å². The summed E-state index contributed by atoms with van der Waals surface area (Å²) in [5.41, 5.74) is 2.17. The number of ether oxygens (including phenoxy) is 1. The second-order valence-electron chi connectivity index (χ2n) is 5.94. The number of anilines is 2. The summed E-state index contributed by atoms with van der Waals surface area (Å²) in [6, 6.07) is 18.6. The summed E-state index contributed by atoms with van der Waals surface area (Å²) >= 11 is 0. The van der Waals surface area contributed by atoms with E-state index < -0.39 is 0 Å². The fourth-order valence-corrected chi connectivity index (χ4v) is 3.00. The molecule has 25 heavy (non-hydrogen) atoms. The van der Waals surface area contributed by atoms with Crippen molar-refractivity contribution in [2.24, 2.45) is 0 Å². The van der Waals surface area contributed by atoms with Crippen LogP contribution in [0, 0.1) is 0 Å². The highest BCUT2D eigenvalue weighted by Crippen LogP contribution is 2.23. The summed E-state index contributed by atoms with van der Waals surface area (Å²) in [7, 11) is 1.68. The summed E-state index contributed by atoms with van der Waals surface area (Å²) in [6.45, 7) is 3.52. The standard InChI is InChI=1S/C19H20N4O2/c1-24-17-9-7-16(8-10-17)22-11-13-23(14-12-22)19-20-18(21-25-19)15-5-3-2-4-6-15/h2-10H,11-14H2,1H3. The van der Waals surface area contributed by atoms with Gasteiger partial charge in [0.1, 0.15) is 5.75 Å². The highest BCUT2D eigenvalue weighted by Gasteiger charge is 2.22. The maximum absolute atomic E-state index is 5.46. The molecule has 1 saturated heterocycles. The second kappa shape index (κ2) is 6.84. The minimum Gasteiger partial charge on any atom is -0.497 e. The molecule has 2 aromatic carbocycles. The van der Waals surface area contributed by atoms with Gasteiger partial charge in [-0.15, -0.1) is 0 Å². The average molecular weight is 336 g/mol. The van der Waals surface area contributed by atoms with Crippen molar-refractivity contribution < 1.29 is 9.26 Å². The van der Waals surface area contributed by atoms with Gasteiger partial charge in [0.15, 0.2) is 0 Å². The van der Waals surface area contributed by atoms with E-state index in [-0.39, 0.29) is 0 Å². The first-order chi connectivity index (χ1) is 12.3. The van der Waals surface area contributed by atoms with Gasteiger partial charge in [-0.2, -0.15) is 4.98 Å². The van der Waals surface area contributed by atoms with E-state index in [9.17, 15) is 0 Å². The number of hydrogen-bond donors (Lipinski definition) is 0. The monoisotopic (exact) mass is 336 g/mol. The van der Waals surface area contributed by atoms with Crippen LogP contribution in [0.4, 0.5) is 11.7 Å². The zero-order chi connectivity index (χ0) is 17.1. The number of methoxy groups -OCH3 is 1. The van der Waals surface area contributed by atoms with Crippen molar-refractivity contribution in [1.82, 2.24) is 10.1 Å². The second-order valence-corrected chi connectivity index (χ2v) is 5.94. The predicted molar refractivity (Wildman–Crippen MR) is 97.2 cm³/mol. The van der Waals surface area contributed by atoms with Gasteiger partial charge in [-0.25, -0.2) is 0 Å². The predicted octanol–water partition coefficient (Wildman–Crippen LogP) is 3.07. The van der Waals surface area contributed by atoms with Crippen LogP contribution >= 0.6 is 0 Å². The number of aromatic nitrogens is 2. The Hall–Kier alpha value is -3.02. The zero-order valence-corrected chi connectivity index (χ0v) is 14.1. The summed E-state index contributed by atoms with van der Waals surface area (Å²) in [6.07, 6.45) is 0. The SMILES string of the molecule is COc1ccc(N2CCN(c3nc(-c4ccccc4)no3)CC2)cc1. The minimum absolute atomic E-state index is 0.591. The van der Waals surface area contributed by atoms with Crippen LogP contribution in [-0.2, 0) is 0 Å². The van der Waals surface area contributed by atoms with E-state index in [1.165, 1.54) is 5.69 Å². The van der Waals surface area contributed by atoms with E-state index >= 15 is 0 Å². The van der Waals surface area contributed by atoms with Gasteiger partial charge in [0, 0.05) is 37.4 Å². The van der Waals surface area contributed by atoms with E-state index in [0.29, 0.717) is 11.8 Å². The molecular weight excluding hydrogens is 316 g/mol. The van der Waals surface area contributed by atoms with Crippen LogP contribution in [0.25, 0.3) is 11.4 Å². The Morgan fingerprint density at radius 1 is 0.880 bits per heavy atom. The molecule has 0 amide bonds. The van der Waals surface area contributed by atoms with Crippen LogP contribution in [-0.4, -0.2) is 43.4 Å². The largest absolute Gasteiger partial charge is 0.497 e. The third-order valence-corrected chi connectivity index (χ3v) is 4.44. The molecule has 128 valence electrons. The summed E-state index contributed by atoms with van der Waals surface area (Å²) in [5, 5.41) is 4.10. The average Bonchev–Trinajstić information content (AvgIpc) is 3.19. The lowest BCUT2D eigenvalue weighted by Gasteiger charge is -2.35. The number of nitrogens with zero attached hydrogens (tertiary/aromatic N) is 4. The first-order valence-electron chi connectivity index (χ1n) is 8.36. The molecule has 1 fully saturated rings. The molecule has 1 aliphatic rings. The van der Waals surface area contributed by atoms with Gasteiger partial charge in [0.05, 0.1) is 7.11 Å². The van der Waals surface area contributed by atoms with Crippen molar-refractivity contribution in [3.05, 3.63) is 54.6 Å². The number of hydrogen-bond acceptors (Lipinski definition) is 6. The molecule has 0 atom stereocenters. The van der Waals surface area contributed by atoms with Gasteiger partial charge in [0.2, 0.25) is 5.82 Å². The molecule has 0 unspecified atom stereocenters. The molecule has 0 saturated carbocycles. The Morgan fingerprint density at radius 2 is 1.56 bits per heavy atom. The van der Waals surface area contributed by atoms with Gasteiger partial charge in [-0.1, -0.05) is 35.5 Å². The number of rotatable bonds is 4. The van der Waals surface area contributed by atoms with E-state index in [0.717, 1.165) is 37.5 Å². The van der Waals surface area contributed by atoms with Crippen molar-refractivity contribution >= 4 is 11.7 Å². The third kappa shape index (κ3) is 3.28. The fraction of sp³-hybridized carbons (Fsp3) is 0.263.